The highest BCUT2D eigenvalue weighted by atomic mass is 16.2. The van der Waals surface area contributed by atoms with Crippen molar-refractivity contribution in [2.24, 2.45) is 0 Å². The number of rotatable bonds is 2. The number of carbonyl (C=O) groups excluding carboxylic acids is 1. The summed E-state index contributed by atoms with van der Waals surface area (Å²) in [5.41, 5.74) is 9.27. The van der Waals surface area contributed by atoms with Gasteiger partial charge in [-0.15, -0.1) is 0 Å². The van der Waals surface area contributed by atoms with Crippen molar-refractivity contribution in [2.75, 3.05) is 35.2 Å². The van der Waals surface area contributed by atoms with Gasteiger partial charge in [0, 0.05) is 37.2 Å². The topological polar surface area (TPSA) is 75.3 Å². The number of aromatic nitrogens is 2. The third kappa shape index (κ3) is 3.04. The molecule has 1 fully saturated rings. The molecule has 130 valence electrons. The van der Waals surface area contributed by atoms with Gasteiger partial charge in [-0.1, -0.05) is 6.07 Å². The van der Waals surface area contributed by atoms with E-state index in [9.17, 15) is 4.79 Å². The lowest BCUT2D eigenvalue weighted by molar-refractivity contribution is 0.0980. The van der Waals surface area contributed by atoms with Crippen molar-refractivity contribution >= 4 is 23.2 Å². The smallest absolute Gasteiger partial charge is 0.277 e. The maximum atomic E-state index is 13.1. The first-order chi connectivity index (χ1) is 12.2. The van der Waals surface area contributed by atoms with Crippen LogP contribution in [0.25, 0.3) is 0 Å². The lowest BCUT2D eigenvalue weighted by atomic mass is 9.99. The van der Waals surface area contributed by atoms with Crippen LogP contribution in [0.15, 0.2) is 30.5 Å². The van der Waals surface area contributed by atoms with Gasteiger partial charge in [-0.3, -0.25) is 4.79 Å². The zero-order valence-corrected chi connectivity index (χ0v) is 14.3. The molecule has 0 aliphatic carbocycles. The molecule has 0 atom stereocenters. The Morgan fingerprint density at radius 3 is 2.72 bits per heavy atom. The fourth-order valence-corrected chi connectivity index (χ4v) is 3.71. The van der Waals surface area contributed by atoms with Crippen LogP contribution in [0.5, 0.6) is 0 Å². The molecule has 1 saturated heterocycles. The Bertz CT molecular complexity index is 785. The number of nitrogens with zero attached hydrogens (tertiary/aromatic N) is 4. The van der Waals surface area contributed by atoms with E-state index >= 15 is 0 Å². The molecule has 2 aromatic rings. The molecule has 6 heteroatoms. The van der Waals surface area contributed by atoms with E-state index in [4.69, 9.17) is 5.73 Å². The summed E-state index contributed by atoms with van der Waals surface area (Å²) in [5.74, 6) is 0.586. The van der Waals surface area contributed by atoms with Crippen LogP contribution in [-0.4, -0.2) is 35.5 Å². The van der Waals surface area contributed by atoms with Crippen LogP contribution in [0, 0.1) is 0 Å². The van der Waals surface area contributed by atoms with Crippen LogP contribution < -0.4 is 15.5 Å². The van der Waals surface area contributed by atoms with E-state index in [1.807, 2.05) is 18.2 Å². The van der Waals surface area contributed by atoms with Crippen LogP contribution in [0.4, 0.5) is 17.3 Å². The van der Waals surface area contributed by atoms with Crippen LogP contribution in [0.2, 0.25) is 0 Å². The predicted octanol–water partition coefficient (Wildman–Crippen LogP) is 2.64. The number of fused-ring (bicyclic) bond motifs is 1. The highest BCUT2D eigenvalue weighted by Crippen LogP contribution is 2.32. The molecular formula is C19H23N5O. The Morgan fingerprint density at radius 1 is 1.04 bits per heavy atom. The number of amides is 1. The molecule has 1 aromatic carbocycles. The van der Waals surface area contributed by atoms with Crippen molar-refractivity contribution in [1.82, 2.24) is 9.97 Å². The van der Waals surface area contributed by atoms with Gasteiger partial charge in [-0.05, 0) is 55.9 Å². The molecule has 0 radical (unpaired) electrons. The van der Waals surface area contributed by atoms with Gasteiger partial charge in [-0.2, -0.15) is 0 Å². The highest BCUT2D eigenvalue weighted by Gasteiger charge is 2.26. The minimum absolute atomic E-state index is 0.0767. The Kier molecular flexibility index (Phi) is 4.26. The molecule has 0 unspecified atom stereocenters. The van der Waals surface area contributed by atoms with Crippen molar-refractivity contribution in [3.05, 3.63) is 41.7 Å². The number of nitrogens with two attached hydrogens (primary N) is 1. The number of piperidine rings is 1. The fraction of sp³-hybridized carbons (Fsp3) is 0.421. The quantitative estimate of drug-likeness (QED) is 0.853. The molecule has 3 heterocycles. The molecule has 6 nitrogen and oxygen atoms in total. The van der Waals surface area contributed by atoms with Gasteiger partial charge in [0.15, 0.2) is 0 Å². The van der Waals surface area contributed by atoms with Crippen LogP contribution in [0.1, 0.15) is 41.7 Å². The maximum Gasteiger partial charge on any atom is 0.277 e. The molecule has 0 spiro atoms. The maximum absolute atomic E-state index is 13.1. The Morgan fingerprint density at radius 2 is 1.88 bits per heavy atom. The predicted molar refractivity (Wildman–Crippen MR) is 98.9 cm³/mol. The average molecular weight is 337 g/mol. The zero-order chi connectivity index (χ0) is 17.2. The number of nitrogen functional groups attached to an aromatic ring is 1. The van der Waals surface area contributed by atoms with E-state index in [1.54, 1.807) is 17.2 Å². The average Bonchev–Trinajstić information content (AvgIpc) is 2.68. The molecule has 1 amide bonds. The summed E-state index contributed by atoms with van der Waals surface area (Å²) in [6.45, 7) is 2.61. The molecule has 2 aliphatic rings. The first-order valence-electron chi connectivity index (χ1n) is 9.01. The Hall–Kier alpha value is -2.63. The summed E-state index contributed by atoms with van der Waals surface area (Å²) in [6.07, 6.45) is 7.07. The summed E-state index contributed by atoms with van der Waals surface area (Å²) in [6, 6.07) is 7.47. The SMILES string of the molecule is Nc1cccc2c1CCCN2C(=O)c1ccnc(N2CCCCC2)n1. The molecule has 2 aliphatic heterocycles. The molecular weight excluding hydrogens is 314 g/mol. The van der Waals surface area contributed by atoms with Crippen LogP contribution in [0.3, 0.4) is 0 Å². The first-order valence-corrected chi connectivity index (χ1v) is 9.01. The second-order valence-electron chi connectivity index (χ2n) is 6.69. The molecule has 1 aromatic heterocycles. The van der Waals surface area contributed by atoms with Gasteiger partial charge in [0.05, 0.1) is 0 Å². The third-order valence-electron chi connectivity index (χ3n) is 5.03. The Balaban J connectivity index is 1.63. The first kappa shape index (κ1) is 15.9. The summed E-state index contributed by atoms with van der Waals surface area (Å²) < 4.78 is 0. The molecule has 0 bridgehead atoms. The summed E-state index contributed by atoms with van der Waals surface area (Å²) in [5, 5.41) is 0. The van der Waals surface area contributed by atoms with Gasteiger partial charge in [0.2, 0.25) is 5.95 Å². The number of hydrogen-bond acceptors (Lipinski definition) is 5. The summed E-state index contributed by atoms with van der Waals surface area (Å²) in [7, 11) is 0. The second-order valence-corrected chi connectivity index (χ2v) is 6.69. The van der Waals surface area contributed by atoms with E-state index in [0.717, 1.165) is 55.7 Å². The number of carbonyl (C=O) groups is 1. The fourth-order valence-electron chi connectivity index (χ4n) is 3.71. The number of anilines is 3. The number of benzene rings is 1. The van der Waals surface area contributed by atoms with Gasteiger partial charge >= 0.3 is 0 Å². The van der Waals surface area contributed by atoms with Crippen molar-refractivity contribution in [1.29, 1.82) is 0 Å². The summed E-state index contributed by atoms with van der Waals surface area (Å²) in [4.78, 5) is 26.0. The van der Waals surface area contributed by atoms with Crippen molar-refractivity contribution in [2.45, 2.75) is 32.1 Å². The van der Waals surface area contributed by atoms with E-state index in [2.05, 4.69) is 14.9 Å². The lowest BCUT2D eigenvalue weighted by Gasteiger charge is -2.30. The van der Waals surface area contributed by atoms with E-state index in [0.29, 0.717) is 18.2 Å². The molecule has 0 saturated carbocycles. The lowest BCUT2D eigenvalue weighted by Crippen LogP contribution is -2.37. The highest BCUT2D eigenvalue weighted by molar-refractivity contribution is 6.06. The third-order valence-corrected chi connectivity index (χ3v) is 5.03. The molecule has 25 heavy (non-hydrogen) atoms. The van der Waals surface area contributed by atoms with Gasteiger partial charge in [0.1, 0.15) is 5.69 Å². The van der Waals surface area contributed by atoms with Crippen molar-refractivity contribution in [3.63, 3.8) is 0 Å². The monoisotopic (exact) mass is 337 g/mol. The van der Waals surface area contributed by atoms with Gasteiger partial charge in [0.25, 0.3) is 5.91 Å². The minimum Gasteiger partial charge on any atom is -0.398 e. The summed E-state index contributed by atoms with van der Waals surface area (Å²) >= 11 is 0. The molecule has 2 N–H and O–H groups in total. The van der Waals surface area contributed by atoms with E-state index < -0.39 is 0 Å². The van der Waals surface area contributed by atoms with Gasteiger partial charge in [-0.25, -0.2) is 9.97 Å². The number of hydrogen-bond donors (Lipinski definition) is 1. The second kappa shape index (κ2) is 6.70. The van der Waals surface area contributed by atoms with Crippen LogP contribution >= 0.6 is 0 Å². The van der Waals surface area contributed by atoms with Crippen molar-refractivity contribution < 1.29 is 4.79 Å². The minimum atomic E-state index is -0.0767. The van der Waals surface area contributed by atoms with E-state index in [1.165, 1.54) is 6.42 Å². The largest absolute Gasteiger partial charge is 0.398 e. The van der Waals surface area contributed by atoms with Gasteiger partial charge < -0.3 is 15.5 Å². The molecule has 4 rings (SSSR count). The Labute approximate surface area is 147 Å². The normalized spacial score (nSPS) is 17.3. The van der Waals surface area contributed by atoms with Crippen molar-refractivity contribution in [3.8, 4) is 0 Å². The zero-order valence-electron chi connectivity index (χ0n) is 14.3. The van der Waals surface area contributed by atoms with E-state index in [-0.39, 0.29) is 5.91 Å². The standard InChI is InChI=1S/C19H23N5O/c20-15-7-4-8-17-14(15)6-5-13-24(17)18(25)16-9-10-21-19(22-16)23-11-2-1-3-12-23/h4,7-10H,1-3,5-6,11-13,20H2. The van der Waals surface area contributed by atoms with Crippen LogP contribution in [-0.2, 0) is 6.42 Å².